The first-order valence-corrected chi connectivity index (χ1v) is 33.5. The van der Waals surface area contributed by atoms with E-state index in [0.29, 0.717) is 28.7 Å². The molecule has 99 heavy (non-hydrogen) atoms. The first-order valence-electron chi connectivity index (χ1n) is 32.3. The van der Waals surface area contributed by atoms with Crippen molar-refractivity contribution in [1.82, 2.24) is 58.1 Å². The molecule has 2 N–H and O–H groups in total. The summed E-state index contributed by atoms with van der Waals surface area (Å²) >= 11 is 18.3. The molecule has 21 rings (SSSR count). The Labute approximate surface area is 578 Å². The number of nitrogens with one attached hydrogen (secondary N) is 2. The van der Waals surface area contributed by atoms with Crippen molar-refractivity contribution >= 4 is 166 Å². The fourth-order valence-corrected chi connectivity index (χ4v) is 15.2. The van der Waals surface area contributed by atoms with Gasteiger partial charge in [-0.1, -0.05) is 216 Å². The molecule has 21 aromatic rings. The number of fused-ring (bicyclic) bond motifs is 20. The number of hydrogen-bond donors (Lipinski definition) is 2. The second-order valence-corrected chi connectivity index (χ2v) is 25.4. The van der Waals surface area contributed by atoms with Crippen molar-refractivity contribution in [3.8, 4) is 40.6 Å². The highest BCUT2D eigenvalue weighted by Gasteiger charge is 2.27. The maximum absolute atomic E-state index is 6.52. The molecule has 0 saturated carbocycles. The summed E-state index contributed by atoms with van der Waals surface area (Å²) in [5, 5.41) is 15.0. The minimum atomic E-state index is 0.0758. The molecule has 0 fully saturated rings. The van der Waals surface area contributed by atoms with Gasteiger partial charge in [0.25, 0.3) is 5.95 Å². The topological polar surface area (TPSA) is 133 Å². The van der Waals surface area contributed by atoms with Crippen molar-refractivity contribution in [3.63, 3.8) is 0 Å². The van der Waals surface area contributed by atoms with Crippen LogP contribution in [-0.2, 0) is 0 Å². The van der Waals surface area contributed by atoms with Crippen LogP contribution in [-0.4, -0.2) is 58.1 Å². The highest BCUT2D eigenvalue weighted by Crippen LogP contribution is 2.41. The van der Waals surface area contributed by atoms with Gasteiger partial charge in [0.05, 0.1) is 61.2 Å². The van der Waals surface area contributed by atoms with Crippen LogP contribution in [0.15, 0.2) is 297 Å². The van der Waals surface area contributed by atoms with Gasteiger partial charge < -0.3 is 14.1 Å². The molecule has 0 amide bonds. The first kappa shape index (κ1) is 57.9. The van der Waals surface area contributed by atoms with Crippen LogP contribution in [0.1, 0.15) is 0 Å². The third-order valence-corrected chi connectivity index (χ3v) is 19.3. The number of H-pyrrole nitrogens is 2. The minimum absolute atomic E-state index is 0.0758. The summed E-state index contributed by atoms with van der Waals surface area (Å²) in [6, 6.07) is 101. The summed E-state index contributed by atoms with van der Waals surface area (Å²) in [4.78, 5) is 35.2. The molecule has 9 heterocycles. The second kappa shape index (κ2) is 23.4. The van der Waals surface area contributed by atoms with Crippen molar-refractivity contribution in [2.24, 2.45) is 0 Å². The van der Waals surface area contributed by atoms with Gasteiger partial charge >= 0.3 is 5.95 Å². The highest BCUT2D eigenvalue weighted by molar-refractivity contribution is 6.31. The second-order valence-electron chi connectivity index (χ2n) is 24.3. The fraction of sp³-hybridized carbons (Fsp3) is 0. The van der Waals surface area contributed by atoms with Gasteiger partial charge in [-0.15, -0.1) is 0 Å². The van der Waals surface area contributed by atoms with Crippen LogP contribution in [0.25, 0.3) is 172 Å². The summed E-state index contributed by atoms with van der Waals surface area (Å²) in [6.45, 7) is 0. The number of hydrogen-bond acceptors (Lipinski definition) is 6. The number of para-hydroxylation sites is 9. The molecule has 0 aliphatic carbocycles. The molecule has 0 saturated heterocycles. The van der Waals surface area contributed by atoms with Crippen LogP contribution < -0.4 is 4.57 Å². The van der Waals surface area contributed by atoms with E-state index < -0.39 is 0 Å². The molecular weight excluding hydrogens is 1290 g/mol. The Morgan fingerprint density at radius 2 is 0.697 bits per heavy atom. The van der Waals surface area contributed by atoms with Gasteiger partial charge in [0, 0.05) is 86.7 Å². The first-order chi connectivity index (χ1) is 48.9. The Hall–Kier alpha value is -12.5. The molecule has 0 unspecified atom stereocenters. The molecule has 16 heteroatoms. The molecule has 0 atom stereocenters. The van der Waals surface area contributed by atoms with Crippen LogP contribution in [0.2, 0.25) is 15.6 Å². The molecule has 0 bridgehead atoms. The number of aromatic nitrogens is 13. The summed E-state index contributed by atoms with van der Waals surface area (Å²) in [5.74, 6) is 1.94. The van der Waals surface area contributed by atoms with Crippen LogP contribution in [0.3, 0.4) is 0 Å². The van der Waals surface area contributed by atoms with E-state index in [1.165, 1.54) is 60.1 Å². The Kier molecular flexibility index (Phi) is 13.7. The van der Waals surface area contributed by atoms with Gasteiger partial charge in [0.2, 0.25) is 28.0 Å². The third-order valence-electron chi connectivity index (χ3n) is 18.7. The quantitative estimate of drug-likeness (QED) is 0.159. The Balaban J connectivity index is 0.000000120. The SMILES string of the molecule is Clc1cccc(-c2nc(-n3c4ccccc4c4ccccc43)nc(-[n+]3cccc4c5ccc6c7ccccc7n(-c7ccccc7)c6c5[nH]c43)n2)c1.Clc1nc(Cl)nc(-n2c3ccccc3c3ccccc32)n1.c1ccc(-n2c3ccccc3c3ccc4c5ccccc5[nH]c4c32)cc1. The zero-order valence-corrected chi connectivity index (χ0v) is 54.6. The average molecular weight is 1340 g/mol. The van der Waals surface area contributed by atoms with E-state index in [2.05, 4.69) is 257 Å². The summed E-state index contributed by atoms with van der Waals surface area (Å²) in [6.07, 6.45) is 2.01. The monoisotopic (exact) mass is 1330 g/mol. The standard InChI is InChI=1S/C44H26ClN7.C24H16N2.C15H8Cl2N4/c45-28-13-10-12-27(26-28)41-47-43(49-44(48-41)52-37-21-8-4-16-30(37)31-17-5-9-22-38(31)52)50-25-11-19-35-33-23-24-34-32-18-6-7-20-36(32)51(29-14-2-1-3-15-29)40(34)39(33)46-42(35)50;1-2-8-16(9-3-1)26-22-13-7-5-11-18(22)20-15-14-19-17-10-4-6-12-21(17)25-23(19)24(20)26;16-13-18-14(17)20-15(19-13)21-11-7-3-1-5-9(11)10-6-2-4-8-12(10)21/h1-26H;1-15,25H;1-8H/p+1. The Morgan fingerprint density at radius 3 is 1.20 bits per heavy atom. The number of rotatable bonds is 6. The molecule has 0 aliphatic rings. The van der Waals surface area contributed by atoms with Gasteiger partial charge in [-0.25, -0.2) is 0 Å². The summed E-state index contributed by atoms with van der Waals surface area (Å²) < 4.78 is 10.8. The van der Waals surface area contributed by atoms with E-state index in [1.54, 1.807) is 0 Å². The molecule has 9 aromatic heterocycles. The van der Waals surface area contributed by atoms with Crippen molar-refractivity contribution in [3.05, 3.63) is 313 Å². The molecule has 12 aromatic carbocycles. The summed E-state index contributed by atoms with van der Waals surface area (Å²) in [7, 11) is 0. The van der Waals surface area contributed by atoms with Gasteiger partial charge in [-0.05, 0) is 120 Å². The van der Waals surface area contributed by atoms with E-state index >= 15 is 0 Å². The smallest absolute Gasteiger partial charge is 0.353 e. The highest BCUT2D eigenvalue weighted by atomic mass is 35.5. The molecule has 0 spiro atoms. The third kappa shape index (κ3) is 9.49. The zero-order valence-electron chi connectivity index (χ0n) is 52.3. The predicted molar refractivity (Wildman–Crippen MR) is 404 cm³/mol. The van der Waals surface area contributed by atoms with E-state index in [4.69, 9.17) is 49.8 Å². The molecule has 0 radical (unpaired) electrons. The number of pyridine rings is 1. The lowest BCUT2D eigenvalue weighted by molar-refractivity contribution is -0.577. The van der Waals surface area contributed by atoms with Gasteiger partial charge in [-0.3, -0.25) is 14.1 Å². The lowest BCUT2D eigenvalue weighted by atomic mass is 10.1. The van der Waals surface area contributed by atoms with E-state index in [-0.39, 0.29) is 10.6 Å². The molecule has 13 nitrogen and oxygen atoms in total. The fourth-order valence-electron chi connectivity index (χ4n) is 14.6. The van der Waals surface area contributed by atoms with E-state index in [9.17, 15) is 0 Å². The number of nitrogens with zero attached hydrogens (tertiary/aromatic N) is 11. The van der Waals surface area contributed by atoms with Gasteiger partial charge in [0.1, 0.15) is 5.52 Å². The van der Waals surface area contributed by atoms with E-state index in [1.807, 2.05) is 88.1 Å². The lowest BCUT2D eigenvalue weighted by Gasteiger charge is -2.08. The van der Waals surface area contributed by atoms with Gasteiger partial charge in [0.15, 0.2) is 0 Å². The van der Waals surface area contributed by atoms with Crippen molar-refractivity contribution in [2.75, 3.05) is 0 Å². The van der Waals surface area contributed by atoms with Crippen LogP contribution in [0, 0.1) is 0 Å². The maximum atomic E-state index is 6.52. The van der Waals surface area contributed by atoms with Crippen molar-refractivity contribution in [1.29, 1.82) is 0 Å². The predicted octanol–water partition coefficient (Wildman–Crippen LogP) is 21.0. The van der Waals surface area contributed by atoms with Crippen LogP contribution in [0.5, 0.6) is 0 Å². The Bertz CT molecular complexity index is 6680. The Morgan fingerprint density at radius 1 is 0.293 bits per heavy atom. The van der Waals surface area contributed by atoms with Crippen molar-refractivity contribution in [2.45, 2.75) is 0 Å². The lowest BCUT2D eigenvalue weighted by Crippen LogP contribution is -2.35. The van der Waals surface area contributed by atoms with Crippen molar-refractivity contribution < 1.29 is 4.57 Å². The maximum Gasteiger partial charge on any atom is 0.395 e. The number of halogens is 3. The van der Waals surface area contributed by atoms with Crippen LogP contribution >= 0.6 is 34.8 Å². The molecule has 468 valence electrons. The number of aromatic amines is 2. The zero-order chi connectivity index (χ0) is 65.8. The normalized spacial score (nSPS) is 11.8. The van der Waals surface area contributed by atoms with Gasteiger partial charge in [-0.2, -0.15) is 24.5 Å². The van der Waals surface area contributed by atoms with Crippen LogP contribution in [0.4, 0.5) is 0 Å². The molecular formula is C83H51Cl3N13+. The number of benzene rings is 12. The minimum Gasteiger partial charge on any atom is -0.353 e. The molecule has 0 aliphatic heterocycles. The summed E-state index contributed by atoms with van der Waals surface area (Å²) in [5.41, 5.74) is 16.2. The van der Waals surface area contributed by atoms with E-state index in [0.717, 1.165) is 87.8 Å². The largest absolute Gasteiger partial charge is 0.395 e. The average Bonchev–Trinajstić information content (AvgIpc) is 1.56.